The van der Waals surface area contributed by atoms with Crippen LogP contribution in [0.1, 0.15) is 0 Å². The summed E-state index contributed by atoms with van der Waals surface area (Å²) in [6, 6.07) is 8.29. The third-order valence-electron chi connectivity index (χ3n) is 4.28. The molecule has 0 radical (unpaired) electrons. The molecule has 0 spiro atoms. The molecule has 0 bridgehead atoms. The van der Waals surface area contributed by atoms with Crippen molar-refractivity contribution in [1.29, 1.82) is 0 Å². The second-order valence-electron chi connectivity index (χ2n) is 6.33. The molecule has 4 heteroatoms. The van der Waals surface area contributed by atoms with Crippen LogP contribution in [0.25, 0.3) is 0 Å². The smallest absolute Gasteiger partial charge is 0.137 e. The zero-order valence-corrected chi connectivity index (χ0v) is 13.3. The van der Waals surface area contributed by atoms with Gasteiger partial charge in [-0.3, -0.25) is 4.90 Å². The average molecular weight is 278 g/mol. The van der Waals surface area contributed by atoms with E-state index in [1.807, 2.05) is 6.07 Å². The van der Waals surface area contributed by atoms with Gasteiger partial charge in [-0.25, -0.2) is 0 Å². The number of hydrogen-bond acceptors (Lipinski definition) is 3. The first kappa shape index (κ1) is 15.1. The summed E-state index contributed by atoms with van der Waals surface area (Å²) in [5.41, 5.74) is 1.18. The molecule has 0 unspecified atom stereocenters. The van der Waals surface area contributed by atoms with Gasteiger partial charge in [-0.05, 0) is 19.2 Å². The Hall–Kier alpha value is -1.26. The molecule has 1 aromatic carbocycles. The highest BCUT2D eigenvalue weighted by atomic mass is 16.5. The first-order valence-corrected chi connectivity index (χ1v) is 7.41. The van der Waals surface area contributed by atoms with E-state index in [0.717, 1.165) is 23.4 Å². The SMILES string of the molecule is CN1CC[N+](C)(CCOc2cccc(N(C)C)c2)CC1. The monoisotopic (exact) mass is 278 g/mol. The fourth-order valence-corrected chi connectivity index (χ4v) is 2.51. The Kier molecular flexibility index (Phi) is 4.89. The summed E-state index contributed by atoms with van der Waals surface area (Å²) >= 11 is 0. The number of nitrogens with zero attached hydrogens (tertiary/aromatic N) is 3. The maximum Gasteiger partial charge on any atom is 0.137 e. The van der Waals surface area contributed by atoms with Crippen molar-refractivity contribution in [2.75, 3.05) is 72.4 Å². The molecule has 1 aliphatic rings. The second kappa shape index (κ2) is 6.46. The Labute approximate surface area is 123 Å². The van der Waals surface area contributed by atoms with Crippen LogP contribution in [0.4, 0.5) is 5.69 Å². The first-order chi connectivity index (χ1) is 9.48. The van der Waals surface area contributed by atoms with Crippen molar-refractivity contribution in [1.82, 2.24) is 4.90 Å². The number of likely N-dealkylation sites (N-methyl/N-ethyl adjacent to an activating group) is 2. The Morgan fingerprint density at radius 3 is 2.60 bits per heavy atom. The van der Waals surface area contributed by atoms with Crippen molar-refractivity contribution < 1.29 is 9.22 Å². The number of quaternary nitrogens is 1. The van der Waals surface area contributed by atoms with E-state index < -0.39 is 0 Å². The molecule has 0 N–H and O–H groups in total. The van der Waals surface area contributed by atoms with Gasteiger partial charge in [0.15, 0.2) is 0 Å². The van der Waals surface area contributed by atoms with Gasteiger partial charge in [-0.15, -0.1) is 0 Å². The zero-order valence-electron chi connectivity index (χ0n) is 13.3. The van der Waals surface area contributed by atoms with Crippen LogP contribution >= 0.6 is 0 Å². The normalized spacial score (nSPS) is 18.8. The lowest BCUT2D eigenvalue weighted by atomic mass is 10.2. The molecule has 0 aliphatic carbocycles. The predicted molar refractivity (Wildman–Crippen MR) is 84.5 cm³/mol. The molecular weight excluding hydrogens is 250 g/mol. The van der Waals surface area contributed by atoms with E-state index in [1.54, 1.807) is 0 Å². The number of anilines is 1. The van der Waals surface area contributed by atoms with Gasteiger partial charge in [0.05, 0.1) is 20.1 Å². The Morgan fingerprint density at radius 1 is 1.25 bits per heavy atom. The van der Waals surface area contributed by atoms with Crippen molar-refractivity contribution in [3.05, 3.63) is 24.3 Å². The minimum Gasteiger partial charge on any atom is -0.488 e. The minimum atomic E-state index is 0.789. The lowest BCUT2D eigenvalue weighted by molar-refractivity contribution is -0.913. The van der Waals surface area contributed by atoms with Crippen molar-refractivity contribution in [2.24, 2.45) is 0 Å². The minimum absolute atomic E-state index is 0.789. The molecule has 1 heterocycles. The summed E-state index contributed by atoms with van der Waals surface area (Å²) in [6.45, 7) is 6.69. The van der Waals surface area contributed by atoms with Crippen LogP contribution in [0.15, 0.2) is 24.3 Å². The van der Waals surface area contributed by atoms with Crippen LogP contribution in [-0.2, 0) is 0 Å². The van der Waals surface area contributed by atoms with Crippen molar-refractivity contribution in [3.63, 3.8) is 0 Å². The quantitative estimate of drug-likeness (QED) is 0.760. The molecule has 4 nitrogen and oxygen atoms in total. The van der Waals surface area contributed by atoms with Crippen molar-refractivity contribution in [3.8, 4) is 5.75 Å². The van der Waals surface area contributed by atoms with Gasteiger partial charge in [0.25, 0.3) is 0 Å². The summed E-state index contributed by atoms with van der Waals surface area (Å²) in [4.78, 5) is 4.50. The van der Waals surface area contributed by atoms with E-state index in [9.17, 15) is 0 Å². The van der Waals surface area contributed by atoms with E-state index in [4.69, 9.17) is 4.74 Å². The fourth-order valence-electron chi connectivity index (χ4n) is 2.51. The summed E-state index contributed by atoms with van der Waals surface area (Å²) < 4.78 is 7.06. The Bertz CT molecular complexity index is 425. The second-order valence-corrected chi connectivity index (χ2v) is 6.33. The molecule has 0 amide bonds. The number of hydrogen-bond donors (Lipinski definition) is 0. The van der Waals surface area contributed by atoms with Gasteiger partial charge < -0.3 is 14.1 Å². The third kappa shape index (κ3) is 4.12. The molecular formula is C16H28N3O+. The number of rotatable bonds is 5. The third-order valence-corrected chi connectivity index (χ3v) is 4.28. The molecule has 0 atom stereocenters. The maximum absolute atomic E-state index is 5.94. The molecule has 1 aliphatic heterocycles. The Balaban J connectivity index is 1.82. The molecule has 20 heavy (non-hydrogen) atoms. The van der Waals surface area contributed by atoms with Gasteiger partial charge in [-0.2, -0.15) is 0 Å². The maximum atomic E-state index is 5.94. The fraction of sp³-hybridized carbons (Fsp3) is 0.625. The summed E-state index contributed by atoms with van der Waals surface area (Å²) in [6.07, 6.45) is 0. The molecule has 1 fully saturated rings. The lowest BCUT2D eigenvalue weighted by Crippen LogP contribution is -2.57. The number of piperazine rings is 1. The zero-order chi connectivity index (χ0) is 14.6. The van der Waals surface area contributed by atoms with Gasteiger partial charge in [-0.1, -0.05) is 6.07 Å². The van der Waals surface area contributed by atoms with Gasteiger partial charge >= 0.3 is 0 Å². The number of ether oxygens (including phenoxy) is 1. The Morgan fingerprint density at radius 2 is 1.95 bits per heavy atom. The van der Waals surface area contributed by atoms with E-state index in [-0.39, 0.29) is 0 Å². The van der Waals surface area contributed by atoms with Crippen LogP contribution in [-0.4, -0.2) is 76.9 Å². The van der Waals surface area contributed by atoms with E-state index in [0.29, 0.717) is 0 Å². The van der Waals surface area contributed by atoms with Gasteiger partial charge in [0.2, 0.25) is 0 Å². The van der Waals surface area contributed by atoms with Crippen LogP contribution in [0, 0.1) is 0 Å². The highest BCUT2D eigenvalue weighted by Gasteiger charge is 2.26. The topological polar surface area (TPSA) is 15.7 Å². The number of benzene rings is 1. The van der Waals surface area contributed by atoms with E-state index in [2.05, 4.69) is 56.2 Å². The largest absolute Gasteiger partial charge is 0.488 e. The summed E-state index contributed by atoms with van der Waals surface area (Å²) in [5.74, 6) is 0.969. The molecule has 0 aromatic heterocycles. The first-order valence-electron chi connectivity index (χ1n) is 7.41. The van der Waals surface area contributed by atoms with Crippen LogP contribution < -0.4 is 9.64 Å². The summed E-state index contributed by atoms with van der Waals surface area (Å²) in [7, 11) is 8.64. The van der Waals surface area contributed by atoms with Crippen molar-refractivity contribution in [2.45, 2.75) is 0 Å². The molecule has 0 saturated carbocycles. The average Bonchev–Trinajstić information content (AvgIpc) is 2.43. The molecule has 1 saturated heterocycles. The van der Waals surface area contributed by atoms with Crippen molar-refractivity contribution >= 4 is 5.69 Å². The highest BCUT2D eigenvalue weighted by Crippen LogP contribution is 2.19. The molecule has 112 valence electrons. The van der Waals surface area contributed by atoms with Crippen LogP contribution in [0.3, 0.4) is 0 Å². The lowest BCUT2D eigenvalue weighted by Gasteiger charge is -2.40. The highest BCUT2D eigenvalue weighted by molar-refractivity contribution is 5.49. The van der Waals surface area contributed by atoms with Crippen LogP contribution in [0.5, 0.6) is 5.75 Å². The van der Waals surface area contributed by atoms with Crippen LogP contribution in [0.2, 0.25) is 0 Å². The summed E-state index contributed by atoms with van der Waals surface area (Å²) in [5, 5.41) is 0. The van der Waals surface area contributed by atoms with Gasteiger partial charge in [0.1, 0.15) is 18.9 Å². The predicted octanol–water partition coefficient (Wildman–Crippen LogP) is 1.52. The van der Waals surface area contributed by atoms with Gasteiger partial charge in [0, 0.05) is 38.9 Å². The standard InChI is InChI=1S/C16H28N3O/c1-17(2)15-6-5-7-16(14-15)20-13-12-19(4)10-8-18(3)9-11-19/h5-7,14H,8-13H2,1-4H3/q+1. The van der Waals surface area contributed by atoms with E-state index >= 15 is 0 Å². The molecule has 1 aromatic rings. The molecule has 2 rings (SSSR count). The van der Waals surface area contributed by atoms with E-state index in [1.165, 1.54) is 31.9 Å².